The zero-order valence-corrected chi connectivity index (χ0v) is 11.4. The molecule has 0 radical (unpaired) electrons. The summed E-state index contributed by atoms with van der Waals surface area (Å²) in [7, 11) is 1.21. The second kappa shape index (κ2) is 5.45. The van der Waals surface area contributed by atoms with Gasteiger partial charge < -0.3 is 9.84 Å². The Bertz CT molecular complexity index is 429. The van der Waals surface area contributed by atoms with Crippen LogP contribution < -0.4 is 0 Å². The van der Waals surface area contributed by atoms with Gasteiger partial charge in [-0.25, -0.2) is 9.59 Å². The highest BCUT2D eigenvalue weighted by molar-refractivity contribution is 9.24. The van der Waals surface area contributed by atoms with E-state index in [1.54, 1.807) is 12.1 Å². The van der Waals surface area contributed by atoms with Crippen molar-refractivity contribution >= 4 is 43.8 Å². The monoisotopic (exact) mass is 350 g/mol. The molecule has 0 aromatic heterocycles. The number of esters is 1. The summed E-state index contributed by atoms with van der Waals surface area (Å²) in [6.07, 6.45) is 0. The van der Waals surface area contributed by atoms with Crippen molar-refractivity contribution in [1.82, 2.24) is 0 Å². The number of hydrogen-bond acceptors (Lipinski definition) is 3. The Morgan fingerprint density at radius 3 is 2.44 bits per heavy atom. The van der Waals surface area contributed by atoms with Gasteiger partial charge in [-0.2, -0.15) is 0 Å². The second-order valence-corrected chi connectivity index (χ2v) is 5.93. The summed E-state index contributed by atoms with van der Waals surface area (Å²) in [5, 5.41) is 9.09. The fraction of sp³-hybridized carbons (Fsp3) is 0.200. The molecule has 0 spiro atoms. The molecule has 0 heterocycles. The molecule has 0 amide bonds. The molecule has 0 aliphatic heterocycles. The lowest BCUT2D eigenvalue weighted by Gasteiger charge is -2.10. The number of alkyl halides is 2. The topological polar surface area (TPSA) is 63.6 Å². The van der Waals surface area contributed by atoms with Gasteiger partial charge in [-0.15, -0.1) is 0 Å². The predicted octanol–water partition coefficient (Wildman–Crippen LogP) is 2.96. The Morgan fingerprint density at radius 2 is 2.00 bits per heavy atom. The van der Waals surface area contributed by atoms with Crippen molar-refractivity contribution in [3.05, 3.63) is 34.9 Å². The first kappa shape index (κ1) is 13.2. The number of benzene rings is 1. The van der Waals surface area contributed by atoms with E-state index < -0.39 is 11.9 Å². The van der Waals surface area contributed by atoms with Crippen LogP contribution >= 0.6 is 31.9 Å². The molecule has 0 unspecified atom stereocenters. The average molecular weight is 352 g/mol. The SMILES string of the molecule is COC(=O)c1cccc(C(Br)Br)c1C(=O)O. The lowest BCUT2D eigenvalue weighted by Crippen LogP contribution is -2.12. The number of carbonyl (C=O) groups excluding carboxylic acids is 1. The summed E-state index contributed by atoms with van der Waals surface area (Å²) in [4.78, 5) is 22.5. The number of carboxylic acids is 1. The third-order valence-corrected chi connectivity index (χ3v) is 2.94. The largest absolute Gasteiger partial charge is 0.478 e. The van der Waals surface area contributed by atoms with E-state index in [9.17, 15) is 9.59 Å². The van der Waals surface area contributed by atoms with Crippen LogP contribution in [-0.4, -0.2) is 24.2 Å². The van der Waals surface area contributed by atoms with E-state index in [1.807, 2.05) is 0 Å². The molecule has 86 valence electrons. The summed E-state index contributed by atoms with van der Waals surface area (Å²) < 4.78 is 4.19. The number of carbonyl (C=O) groups is 2. The lowest BCUT2D eigenvalue weighted by molar-refractivity contribution is 0.0582. The van der Waals surface area contributed by atoms with Gasteiger partial charge in [-0.3, -0.25) is 0 Å². The maximum Gasteiger partial charge on any atom is 0.338 e. The minimum atomic E-state index is -1.17. The molecule has 1 aromatic rings. The van der Waals surface area contributed by atoms with Crippen LogP contribution in [0.3, 0.4) is 0 Å². The Hall–Kier alpha value is -0.880. The molecular weight excluding hydrogens is 344 g/mol. The molecule has 1 N–H and O–H groups in total. The quantitative estimate of drug-likeness (QED) is 0.671. The number of ether oxygens (including phenoxy) is 1. The number of rotatable bonds is 3. The lowest BCUT2D eigenvalue weighted by atomic mass is 10.0. The summed E-state index contributed by atoms with van der Waals surface area (Å²) in [6, 6.07) is 4.63. The van der Waals surface area contributed by atoms with Crippen molar-refractivity contribution in [2.24, 2.45) is 0 Å². The minimum absolute atomic E-state index is 0.0383. The molecule has 6 heteroatoms. The van der Waals surface area contributed by atoms with Gasteiger partial charge in [0.25, 0.3) is 0 Å². The van der Waals surface area contributed by atoms with Crippen LogP contribution in [0.4, 0.5) is 0 Å². The van der Waals surface area contributed by atoms with Crippen LogP contribution in [-0.2, 0) is 4.74 Å². The Labute approximate surface area is 109 Å². The fourth-order valence-electron chi connectivity index (χ4n) is 1.27. The minimum Gasteiger partial charge on any atom is -0.478 e. The molecular formula is C10H8Br2O4. The molecule has 0 aliphatic rings. The van der Waals surface area contributed by atoms with Crippen LogP contribution in [0.1, 0.15) is 30.0 Å². The first-order chi connectivity index (χ1) is 7.49. The molecule has 1 aromatic carbocycles. The molecule has 0 atom stereocenters. The molecule has 0 saturated heterocycles. The number of carboxylic acid groups (broad SMARTS) is 1. The van der Waals surface area contributed by atoms with E-state index in [1.165, 1.54) is 13.2 Å². The number of methoxy groups -OCH3 is 1. The van der Waals surface area contributed by atoms with E-state index in [-0.39, 0.29) is 14.9 Å². The summed E-state index contributed by atoms with van der Waals surface area (Å²) in [6.45, 7) is 0. The van der Waals surface area contributed by atoms with Crippen molar-refractivity contribution in [1.29, 1.82) is 0 Å². The van der Waals surface area contributed by atoms with E-state index >= 15 is 0 Å². The summed E-state index contributed by atoms with van der Waals surface area (Å²) in [5.74, 6) is -1.83. The van der Waals surface area contributed by atoms with Gasteiger partial charge in [0, 0.05) is 0 Å². The first-order valence-corrected chi connectivity index (χ1v) is 6.04. The highest BCUT2D eigenvalue weighted by Gasteiger charge is 2.22. The smallest absolute Gasteiger partial charge is 0.338 e. The van der Waals surface area contributed by atoms with Crippen LogP contribution in [0.15, 0.2) is 18.2 Å². The van der Waals surface area contributed by atoms with E-state index in [4.69, 9.17) is 5.11 Å². The Morgan fingerprint density at radius 1 is 1.38 bits per heavy atom. The van der Waals surface area contributed by atoms with Gasteiger partial charge in [-0.1, -0.05) is 44.0 Å². The van der Waals surface area contributed by atoms with Gasteiger partial charge in [0.15, 0.2) is 0 Å². The van der Waals surface area contributed by atoms with Gasteiger partial charge in [0.2, 0.25) is 0 Å². The molecule has 16 heavy (non-hydrogen) atoms. The maximum atomic E-state index is 11.4. The molecule has 4 nitrogen and oxygen atoms in total. The highest BCUT2D eigenvalue weighted by Crippen LogP contribution is 2.33. The molecule has 0 fully saturated rings. The predicted molar refractivity (Wildman–Crippen MR) is 65.3 cm³/mol. The second-order valence-electron chi connectivity index (χ2n) is 2.87. The van der Waals surface area contributed by atoms with Crippen LogP contribution in [0.2, 0.25) is 0 Å². The van der Waals surface area contributed by atoms with Crippen molar-refractivity contribution in [3.63, 3.8) is 0 Å². The van der Waals surface area contributed by atoms with Gasteiger partial charge in [0.05, 0.1) is 22.0 Å². The van der Waals surface area contributed by atoms with Crippen molar-refractivity contribution in [2.75, 3.05) is 7.11 Å². The van der Waals surface area contributed by atoms with Crippen molar-refractivity contribution in [3.8, 4) is 0 Å². The number of aromatic carboxylic acids is 1. The van der Waals surface area contributed by atoms with Gasteiger partial charge in [-0.05, 0) is 11.6 Å². The van der Waals surface area contributed by atoms with Crippen LogP contribution in [0.5, 0.6) is 0 Å². The normalized spacial score (nSPS) is 10.2. The van der Waals surface area contributed by atoms with Crippen LogP contribution in [0, 0.1) is 0 Å². The summed E-state index contributed by atoms with van der Waals surface area (Å²) >= 11 is 6.42. The van der Waals surface area contributed by atoms with Gasteiger partial charge in [0.1, 0.15) is 0 Å². The highest BCUT2D eigenvalue weighted by atomic mass is 79.9. The average Bonchev–Trinajstić information content (AvgIpc) is 2.26. The van der Waals surface area contributed by atoms with E-state index in [2.05, 4.69) is 36.6 Å². The number of hydrogen-bond donors (Lipinski definition) is 1. The fourth-order valence-corrected chi connectivity index (χ4v) is 2.03. The number of halogens is 2. The Balaban J connectivity index is 3.44. The van der Waals surface area contributed by atoms with E-state index in [0.29, 0.717) is 5.56 Å². The molecule has 0 bridgehead atoms. The maximum absolute atomic E-state index is 11.4. The van der Waals surface area contributed by atoms with Crippen molar-refractivity contribution in [2.45, 2.75) is 3.74 Å². The summed E-state index contributed by atoms with van der Waals surface area (Å²) in [5.41, 5.74) is 0.444. The first-order valence-electron chi connectivity index (χ1n) is 4.21. The zero-order valence-electron chi connectivity index (χ0n) is 8.24. The molecule has 1 rings (SSSR count). The van der Waals surface area contributed by atoms with Crippen molar-refractivity contribution < 1.29 is 19.4 Å². The third kappa shape index (κ3) is 2.62. The van der Waals surface area contributed by atoms with E-state index in [0.717, 1.165) is 0 Å². The van der Waals surface area contributed by atoms with Gasteiger partial charge >= 0.3 is 11.9 Å². The Kier molecular flexibility index (Phi) is 4.49. The molecule has 0 aliphatic carbocycles. The molecule has 0 saturated carbocycles. The van der Waals surface area contributed by atoms with Crippen LogP contribution in [0.25, 0.3) is 0 Å². The standard InChI is InChI=1S/C10H8Br2O4/c1-16-10(15)6-4-2-3-5(8(11)12)7(6)9(13)14/h2-4,8H,1H3,(H,13,14). The zero-order chi connectivity index (χ0) is 12.3. The third-order valence-electron chi connectivity index (χ3n) is 1.95.